The molecule has 1 aromatic heterocycles. The first kappa shape index (κ1) is 18.8. The molecule has 0 amide bonds. The minimum absolute atomic E-state index is 0.711. The van der Waals surface area contributed by atoms with Crippen LogP contribution in [0.15, 0.2) is 48.0 Å². The minimum atomic E-state index is 0.711. The number of hydrogen-bond acceptors (Lipinski definition) is 2. The molecule has 0 radical (unpaired) electrons. The molecule has 0 atom stereocenters. The first-order chi connectivity index (χ1) is 12.1. The summed E-state index contributed by atoms with van der Waals surface area (Å²) in [6.07, 6.45) is 4.04. The van der Waals surface area contributed by atoms with E-state index >= 15 is 0 Å². The van der Waals surface area contributed by atoms with Crippen molar-refractivity contribution in [1.29, 1.82) is 0 Å². The standard InChI is InChI=1S/C20H29N5/c1-6-7-11-14-24(5)20(21-4)22-15-19-16(2)23-25(17(19)3)18-12-9-8-10-13-18/h6,8-10,12-13H,1,7,11,14-15H2,2-5H3,(H,21,22). The summed E-state index contributed by atoms with van der Waals surface area (Å²) in [5, 5.41) is 8.16. The second-order valence-electron chi connectivity index (χ2n) is 6.15. The van der Waals surface area contributed by atoms with Crippen LogP contribution < -0.4 is 5.32 Å². The summed E-state index contributed by atoms with van der Waals surface area (Å²) in [4.78, 5) is 6.53. The maximum atomic E-state index is 4.70. The Labute approximate surface area is 151 Å². The lowest BCUT2D eigenvalue weighted by molar-refractivity contribution is 0.469. The molecule has 0 spiro atoms. The highest BCUT2D eigenvalue weighted by Crippen LogP contribution is 2.17. The van der Waals surface area contributed by atoms with E-state index < -0.39 is 0 Å². The van der Waals surface area contributed by atoms with Gasteiger partial charge in [-0.15, -0.1) is 6.58 Å². The Morgan fingerprint density at radius 1 is 1.32 bits per heavy atom. The van der Waals surface area contributed by atoms with E-state index in [0.717, 1.165) is 42.4 Å². The number of nitrogens with zero attached hydrogens (tertiary/aromatic N) is 4. The molecule has 1 heterocycles. The number of aryl methyl sites for hydroxylation is 1. The van der Waals surface area contributed by atoms with Crippen molar-refractivity contribution in [2.24, 2.45) is 4.99 Å². The quantitative estimate of drug-likeness (QED) is 0.364. The number of hydrogen-bond donors (Lipinski definition) is 1. The van der Waals surface area contributed by atoms with Gasteiger partial charge in [-0.1, -0.05) is 24.3 Å². The highest BCUT2D eigenvalue weighted by molar-refractivity contribution is 5.79. The van der Waals surface area contributed by atoms with E-state index in [1.165, 1.54) is 5.56 Å². The summed E-state index contributed by atoms with van der Waals surface area (Å²) in [5.74, 6) is 0.898. The summed E-state index contributed by atoms with van der Waals surface area (Å²) in [5.41, 5.74) is 4.49. The van der Waals surface area contributed by atoms with Gasteiger partial charge in [-0.3, -0.25) is 4.99 Å². The van der Waals surface area contributed by atoms with Gasteiger partial charge in [-0.25, -0.2) is 4.68 Å². The Morgan fingerprint density at radius 2 is 2.04 bits per heavy atom. The predicted molar refractivity (Wildman–Crippen MR) is 105 cm³/mol. The number of aliphatic imine (C=N–C) groups is 1. The molecule has 5 heteroatoms. The number of nitrogens with one attached hydrogen (secondary N) is 1. The van der Waals surface area contributed by atoms with Crippen molar-refractivity contribution in [1.82, 2.24) is 20.0 Å². The topological polar surface area (TPSA) is 45.4 Å². The molecule has 0 unspecified atom stereocenters. The van der Waals surface area contributed by atoms with Gasteiger partial charge in [0.05, 0.1) is 11.4 Å². The fourth-order valence-electron chi connectivity index (χ4n) is 2.88. The number of allylic oxidation sites excluding steroid dienone is 1. The van der Waals surface area contributed by atoms with Gasteiger partial charge in [0.15, 0.2) is 5.96 Å². The highest BCUT2D eigenvalue weighted by Gasteiger charge is 2.14. The van der Waals surface area contributed by atoms with Crippen LogP contribution in [0.4, 0.5) is 0 Å². The molecule has 1 N–H and O–H groups in total. The lowest BCUT2D eigenvalue weighted by atomic mass is 10.2. The van der Waals surface area contributed by atoms with Gasteiger partial charge in [0, 0.05) is 38.4 Å². The van der Waals surface area contributed by atoms with Crippen molar-refractivity contribution in [2.45, 2.75) is 33.2 Å². The molecule has 25 heavy (non-hydrogen) atoms. The van der Waals surface area contributed by atoms with Crippen molar-refractivity contribution in [3.8, 4) is 5.69 Å². The highest BCUT2D eigenvalue weighted by atomic mass is 15.3. The van der Waals surface area contributed by atoms with Crippen LogP contribution in [0.1, 0.15) is 29.8 Å². The molecule has 0 aliphatic carbocycles. The zero-order chi connectivity index (χ0) is 18.2. The molecule has 2 rings (SSSR count). The van der Waals surface area contributed by atoms with Crippen molar-refractivity contribution in [3.05, 3.63) is 59.9 Å². The first-order valence-corrected chi connectivity index (χ1v) is 8.71. The Balaban J connectivity index is 2.07. The van der Waals surface area contributed by atoms with Crippen LogP contribution in [0.5, 0.6) is 0 Å². The SMILES string of the molecule is C=CCCCN(C)C(=NC)NCc1c(C)nn(-c2ccccc2)c1C. The van der Waals surface area contributed by atoms with Crippen molar-refractivity contribution < 1.29 is 0 Å². The summed E-state index contributed by atoms with van der Waals surface area (Å²) in [6.45, 7) is 9.60. The van der Waals surface area contributed by atoms with E-state index in [1.54, 1.807) is 0 Å². The predicted octanol–water partition coefficient (Wildman–Crippen LogP) is 3.46. The monoisotopic (exact) mass is 339 g/mol. The lowest BCUT2D eigenvalue weighted by Gasteiger charge is -2.22. The second-order valence-corrected chi connectivity index (χ2v) is 6.15. The first-order valence-electron chi connectivity index (χ1n) is 8.71. The number of unbranched alkanes of at least 4 members (excludes halogenated alkanes) is 1. The van der Waals surface area contributed by atoms with E-state index in [9.17, 15) is 0 Å². The minimum Gasteiger partial charge on any atom is -0.352 e. The van der Waals surface area contributed by atoms with E-state index in [4.69, 9.17) is 5.10 Å². The van der Waals surface area contributed by atoms with E-state index in [0.29, 0.717) is 6.54 Å². The van der Waals surface area contributed by atoms with Gasteiger partial charge in [-0.05, 0) is 38.8 Å². The van der Waals surface area contributed by atoms with Gasteiger partial charge in [0.25, 0.3) is 0 Å². The van der Waals surface area contributed by atoms with Crippen LogP contribution in [0.25, 0.3) is 5.69 Å². The fraction of sp³-hybridized carbons (Fsp3) is 0.400. The molecular formula is C20H29N5. The number of guanidine groups is 1. The van der Waals surface area contributed by atoms with Crippen LogP contribution in [0.2, 0.25) is 0 Å². The van der Waals surface area contributed by atoms with Crippen LogP contribution in [-0.2, 0) is 6.54 Å². The molecule has 0 aliphatic rings. The Morgan fingerprint density at radius 3 is 2.68 bits per heavy atom. The summed E-state index contributed by atoms with van der Waals surface area (Å²) in [7, 11) is 3.88. The van der Waals surface area contributed by atoms with Gasteiger partial charge < -0.3 is 10.2 Å². The maximum absolute atomic E-state index is 4.70. The Bertz CT molecular complexity index is 715. The van der Waals surface area contributed by atoms with Gasteiger partial charge in [0.2, 0.25) is 0 Å². The average Bonchev–Trinajstić information content (AvgIpc) is 2.91. The van der Waals surface area contributed by atoms with Crippen LogP contribution in [0.3, 0.4) is 0 Å². The summed E-state index contributed by atoms with van der Waals surface area (Å²) in [6, 6.07) is 10.2. The summed E-state index contributed by atoms with van der Waals surface area (Å²) < 4.78 is 2.00. The third-order valence-electron chi connectivity index (χ3n) is 4.34. The Hall–Kier alpha value is -2.56. The third kappa shape index (κ3) is 4.72. The number of aromatic nitrogens is 2. The number of rotatable bonds is 7. The van der Waals surface area contributed by atoms with E-state index in [-0.39, 0.29) is 0 Å². The molecule has 1 aromatic carbocycles. The molecule has 0 saturated carbocycles. The van der Waals surface area contributed by atoms with Crippen LogP contribution in [0, 0.1) is 13.8 Å². The number of benzene rings is 1. The molecule has 0 fully saturated rings. The third-order valence-corrected chi connectivity index (χ3v) is 4.34. The second kappa shape index (κ2) is 9.06. The molecule has 0 aliphatic heterocycles. The molecule has 2 aromatic rings. The lowest BCUT2D eigenvalue weighted by Crippen LogP contribution is -2.39. The normalized spacial score (nSPS) is 11.4. The zero-order valence-electron chi connectivity index (χ0n) is 15.8. The molecule has 0 saturated heterocycles. The van der Waals surface area contributed by atoms with Crippen molar-refractivity contribution in [2.75, 3.05) is 20.6 Å². The summed E-state index contributed by atoms with van der Waals surface area (Å²) >= 11 is 0. The zero-order valence-corrected chi connectivity index (χ0v) is 15.8. The number of para-hydroxylation sites is 1. The van der Waals surface area contributed by atoms with Crippen molar-refractivity contribution in [3.63, 3.8) is 0 Å². The maximum Gasteiger partial charge on any atom is 0.193 e. The van der Waals surface area contributed by atoms with E-state index in [1.807, 2.05) is 36.0 Å². The van der Waals surface area contributed by atoms with E-state index in [2.05, 4.69) is 54.8 Å². The van der Waals surface area contributed by atoms with Crippen LogP contribution >= 0.6 is 0 Å². The van der Waals surface area contributed by atoms with Gasteiger partial charge >= 0.3 is 0 Å². The smallest absolute Gasteiger partial charge is 0.193 e. The fourth-order valence-corrected chi connectivity index (χ4v) is 2.88. The largest absolute Gasteiger partial charge is 0.352 e. The molecular weight excluding hydrogens is 310 g/mol. The molecule has 5 nitrogen and oxygen atoms in total. The Kier molecular flexibility index (Phi) is 6.81. The van der Waals surface area contributed by atoms with Gasteiger partial charge in [-0.2, -0.15) is 5.10 Å². The molecule has 134 valence electrons. The van der Waals surface area contributed by atoms with Crippen molar-refractivity contribution >= 4 is 5.96 Å². The average molecular weight is 339 g/mol. The van der Waals surface area contributed by atoms with Gasteiger partial charge in [0.1, 0.15) is 0 Å². The van der Waals surface area contributed by atoms with Crippen LogP contribution in [-0.4, -0.2) is 41.3 Å². The molecule has 0 bridgehead atoms.